The van der Waals surface area contributed by atoms with Crippen LogP contribution in [0.15, 0.2) is 24.3 Å². The molecule has 1 aromatic carbocycles. The van der Waals surface area contributed by atoms with Crippen molar-refractivity contribution in [3.8, 4) is 0 Å². The molecule has 0 aromatic heterocycles. The molecule has 0 saturated heterocycles. The molecule has 1 rings (SSSR count). The van der Waals surface area contributed by atoms with Crippen LogP contribution in [-0.2, 0) is 4.79 Å². The van der Waals surface area contributed by atoms with Crippen LogP contribution in [0.5, 0.6) is 0 Å². The Morgan fingerprint density at radius 3 is 2.44 bits per heavy atom. The van der Waals surface area contributed by atoms with Crippen molar-refractivity contribution >= 4 is 28.8 Å². The normalized spacial score (nSPS) is 9.62. The molecule has 0 aliphatic rings. The number of hydrogen-bond acceptors (Lipinski definition) is 3. The fourth-order valence-corrected chi connectivity index (χ4v) is 1.40. The van der Waals surface area contributed by atoms with Crippen LogP contribution in [0.25, 0.3) is 0 Å². The van der Waals surface area contributed by atoms with Crippen LogP contribution in [0.4, 0.5) is 5.69 Å². The van der Waals surface area contributed by atoms with E-state index in [0.29, 0.717) is 11.5 Å². The SMILES string of the molecule is CNC(=O)CN(C)c1ccc(C(N)=S)cc1. The lowest BCUT2D eigenvalue weighted by molar-refractivity contribution is -0.119. The van der Waals surface area contributed by atoms with Crippen molar-refractivity contribution in [3.05, 3.63) is 29.8 Å². The smallest absolute Gasteiger partial charge is 0.239 e. The van der Waals surface area contributed by atoms with Gasteiger partial charge in [0.05, 0.1) is 6.54 Å². The summed E-state index contributed by atoms with van der Waals surface area (Å²) < 4.78 is 0. The molecule has 0 bridgehead atoms. The summed E-state index contributed by atoms with van der Waals surface area (Å²) in [5.41, 5.74) is 7.27. The minimum absolute atomic E-state index is 0.0269. The zero-order valence-electron chi connectivity index (χ0n) is 9.36. The maximum absolute atomic E-state index is 11.2. The molecule has 0 spiro atoms. The number of rotatable bonds is 4. The van der Waals surface area contributed by atoms with E-state index >= 15 is 0 Å². The number of carbonyl (C=O) groups excluding carboxylic acids is 1. The lowest BCUT2D eigenvalue weighted by Crippen LogP contribution is -2.32. The van der Waals surface area contributed by atoms with Crippen LogP contribution >= 0.6 is 12.2 Å². The zero-order valence-corrected chi connectivity index (χ0v) is 10.2. The highest BCUT2D eigenvalue weighted by molar-refractivity contribution is 7.80. The molecule has 0 saturated carbocycles. The maximum Gasteiger partial charge on any atom is 0.239 e. The number of likely N-dealkylation sites (N-methyl/N-ethyl adjacent to an activating group) is 2. The van der Waals surface area contributed by atoms with E-state index in [2.05, 4.69) is 5.32 Å². The molecule has 86 valence electrons. The molecule has 0 unspecified atom stereocenters. The van der Waals surface area contributed by atoms with Crippen LogP contribution in [0.3, 0.4) is 0 Å². The summed E-state index contributed by atoms with van der Waals surface area (Å²) in [6, 6.07) is 7.46. The second-order valence-electron chi connectivity index (χ2n) is 3.44. The summed E-state index contributed by atoms with van der Waals surface area (Å²) in [4.78, 5) is 13.4. The monoisotopic (exact) mass is 237 g/mol. The molecule has 0 fully saturated rings. The summed E-state index contributed by atoms with van der Waals surface area (Å²) in [6.45, 7) is 0.322. The largest absolute Gasteiger partial charge is 0.389 e. The Morgan fingerprint density at radius 1 is 1.44 bits per heavy atom. The second-order valence-corrected chi connectivity index (χ2v) is 3.88. The molecule has 0 heterocycles. The first-order chi connectivity index (χ1) is 7.54. The Morgan fingerprint density at radius 2 is 2.00 bits per heavy atom. The minimum Gasteiger partial charge on any atom is -0.389 e. The van der Waals surface area contributed by atoms with Crippen LogP contribution in [0.1, 0.15) is 5.56 Å². The van der Waals surface area contributed by atoms with Gasteiger partial charge in [0.15, 0.2) is 0 Å². The van der Waals surface area contributed by atoms with Crippen molar-refractivity contribution in [2.45, 2.75) is 0 Å². The van der Waals surface area contributed by atoms with E-state index in [1.54, 1.807) is 7.05 Å². The van der Waals surface area contributed by atoms with Crippen LogP contribution in [0.2, 0.25) is 0 Å². The van der Waals surface area contributed by atoms with E-state index in [9.17, 15) is 4.79 Å². The van der Waals surface area contributed by atoms with Crippen molar-refractivity contribution in [2.75, 3.05) is 25.5 Å². The predicted molar refractivity (Wildman–Crippen MR) is 69.7 cm³/mol. The summed E-state index contributed by atoms with van der Waals surface area (Å²) >= 11 is 4.86. The molecule has 0 aliphatic heterocycles. The number of nitrogens with one attached hydrogen (secondary N) is 1. The van der Waals surface area contributed by atoms with Crippen molar-refractivity contribution < 1.29 is 4.79 Å². The third kappa shape index (κ3) is 3.20. The summed E-state index contributed by atoms with van der Waals surface area (Å²) in [6.07, 6.45) is 0. The Hall–Kier alpha value is -1.62. The Kier molecular flexibility index (Phi) is 4.25. The predicted octanol–water partition coefficient (Wildman–Crippen LogP) is 0.503. The molecule has 1 amide bonds. The first-order valence-corrected chi connectivity index (χ1v) is 5.27. The minimum atomic E-state index is -0.0269. The van der Waals surface area contributed by atoms with E-state index in [-0.39, 0.29) is 5.91 Å². The van der Waals surface area contributed by atoms with E-state index in [0.717, 1.165) is 11.3 Å². The number of anilines is 1. The summed E-state index contributed by atoms with van der Waals surface area (Å²) in [7, 11) is 3.47. The number of nitrogens with zero attached hydrogens (tertiary/aromatic N) is 1. The Balaban J connectivity index is 2.73. The van der Waals surface area contributed by atoms with E-state index in [1.165, 1.54) is 0 Å². The van der Waals surface area contributed by atoms with Gasteiger partial charge in [0, 0.05) is 25.3 Å². The first-order valence-electron chi connectivity index (χ1n) is 4.86. The molecular weight excluding hydrogens is 222 g/mol. The quantitative estimate of drug-likeness (QED) is 0.749. The van der Waals surface area contributed by atoms with Gasteiger partial charge in [0.2, 0.25) is 5.91 Å². The van der Waals surface area contributed by atoms with Gasteiger partial charge in [-0.25, -0.2) is 0 Å². The van der Waals surface area contributed by atoms with Gasteiger partial charge < -0.3 is 16.0 Å². The summed E-state index contributed by atoms with van der Waals surface area (Å²) in [5.74, 6) is -0.0269. The van der Waals surface area contributed by atoms with Crippen molar-refractivity contribution in [1.29, 1.82) is 0 Å². The van der Waals surface area contributed by atoms with Gasteiger partial charge in [-0.05, 0) is 24.3 Å². The maximum atomic E-state index is 11.2. The lowest BCUT2D eigenvalue weighted by atomic mass is 10.2. The molecule has 0 radical (unpaired) electrons. The number of amides is 1. The average Bonchev–Trinajstić information content (AvgIpc) is 2.28. The highest BCUT2D eigenvalue weighted by atomic mass is 32.1. The van der Waals surface area contributed by atoms with Gasteiger partial charge in [-0.15, -0.1) is 0 Å². The molecule has 3 N–H and O–H groups in total. The van der Waals surface area contributed by atoms with Crippen LogP contribution < -0.4 is 16.0 Å². The highest BCUT2D eigenvalue weighted by Gasteiger charge is 2.05. The van der Waals surface area contributed by atoms with Gasteiger partial charge >= 0.3 is 0 Å². The number of thiocarbonyl (C=S) groups is 1. The Labute approximate surface area is 100 Å². The van der Waals surface area contributed by atoms with Crippen molar-refractivity contribution in [2.24, 2.45) is 5.73 Å². The Bertz CT molecular complexity index is 389. The number of carbonyl (C=O) groups is 1. The van der Waals surface area contributed by atoms with Gasteiger partial charge in [-0.3, -0.25) is 4.79 Å². The molecule has 4 nitrogen and oxygen atoms in total. The second kappa shape index (κ2) is 5.46. The summed E-state index contributed by atoms with van der Waals surface area (Å²) in [5, 5.41) is 2.57. The third-order valence-electron chi connectivity index (χ3n) is 2.25. The van der Waals surface area contributed by atoms with Gasteiger partial charge in [-0.2, -0.15) is 0 Å². The molecule has 1 aromatic rings. The molecular formula is C11H15N3OS. The van der Waals surface area contributed by atoms with Gasteiger partial charge in [0.1, 0.15) is 4.99 Å². The number of benzene rings is 1. The molecule has 0 aliphatic carbocycles. The van der Waals surface area contributed by atoms with E-state index in [1.807, 2.05) is 36.2 Å². The van der Waals surface area contributed by atoms with Gasteiger partial charge in [0.25, 0.3) is 0 Å². The van der Waals surface area contributed by atoms with E-state index in [4.69, 9.17) is 18.0 Å². The first kappa shape index (κ1) is 12.4. The number of nitrogens with two attached hydrogens (primary N) is 1. The standard InChI is InChI=1S/C11H15N3OS/c1-13-10(15)7-14(2)9-5-3-8(4-6-9)11(12)16/h3-6H,7H2,1-2H3,(H2,12,16)(H,13,15). The highest BCUT2D eigenvalue weighted by Crippen LogP contribution is 2.13. The van der Waals surface area contributed by atoms with Gasteiger partial charge in [-0.1, -0.05) is 12.2 Å². The van der Waals surface area contributed by atoms with Crippen molar-refractivity contribution in [1.82, 2.24) is 5.32 Å². The third-order valence-corrected chi connectivity index (χ3v) is 2.49. The molecule has 5 heteroatoms. The fourth-order valence-electron chi connectivity index (χ4n) is 1.27. The topological polar surface area (TPSA) is 58.4 Å². The number of hydrogen-bond donors (Lipinski definition) is 2. The average molecular weight is 237 g/mol. The molecule has 0 atom stereocenters. The van der Waals surface area contributed by atoms with Crippen molar-refractivity contribution in [3.63, 3.8) is 0 Å². The fraction of sp³-hybridized carbons (Fsp3) is 0.273. The van der Waals surface area contributed by atoms with Crippen LogP contribution in [-0.4, -0.2) is 31.5 Å². The molecule has 16 heavy (non-hydrogen) atoms. The zero-order chi connectivity index (χ0) is 12.1. The van der Waals surface area contributed by atoms with E-state index < -0.39 is 0 Å². The lowest BCUT2D eigenvalue weighted by Gasteiger charge is -2.18. The van der Waals surface area contributed by atoms with Crippen LogP contribution in [0, 0.1) is 0 Å².